The molecule has 8 heteroatoms. The topological polar surface area (TPSA) is 88.5 Å². The molecular formula is C31H28N6OS. The third-order valence-corrected chi connectivity index (χ3v) is 8.42. The monoisotopic (exact) mass is 532 g/mol. The predicted octanol–water partition coefficient (Wildman–Crippen LogP) is 5.26. The van der Waals surface area contributed by atoms with Crippen molar-refractivity contribution in [3.8, 4) is 21.8 Å². The first kappa shape index (κ1) is 23.8. The summed E-state index contributed by atoms with van der Waals surface area (Å²) in [5.74, 6) is 0.417. The summed E-state index contributed by atoms with van der Waals surface area (Å²) < 4.78 is 1.97. The average Bonchev–Trinajstić information content (AvgIpc) is 3.24. The number of aromatic nitrogens is 5. The first-order valence-corrected chi connectivity index (χ1v) is 14.2. The van der Waals surface area contributed by atoms with Crippen LogP contribution < -0.4 is 15.9 Å². The van der Waals surface area contributed by atoms with Gasteiger partial charge in [-0.1, -0.05) is 31.1 Å². The Balaban J connectivity index is 1.32. The number of fused-ring (bicyclic) bond motifs is 3. The summed E-state index contributed by atoms with van der Waals surface area (Å²) in [6.45, 7) is 2.09. The lowest BCUT2D eigenvalue weighted by molar-refractivity contribution is -0.116. The van der Waals surface area contributed by atoms with E-state index in [0.717, 1.165) is 69.1 Å². The number of carbonyl (C=O) groups excluding carboxylic acids is 1. The first-order chi connectivity index (χ1) is 19.1. The number of unbranched alkanes of at least 4 members (excludes halogenated alkanes) is 1. The van der Waals surface area contributed by atoms with Crippen LogP contribution >= 0.6 is 11.3 Å². The summed E-state index contributed by atoms with van der Waals surface area (Å²) in [4.78, 5) is 26.2. The molecule has 0 bridgehead atoms. The molecule has 194 valence electrons. The molecule has 2 N–H and O–H groups in total. The quantitative estimate of drug-likeness (QED) is 0.299. The van der Waals surface area contributed by atoms with Crippen LogP contribution in [0.5, 0.6) is 0 Å². The molecule has 1 amide bonds. The van der Waals surface area contributed by atoms with Crippen LogP contribution in [-0.4, -0.2) is 30.6 Å². The van der Waals surface area contributed by atoms with Crippen LogP contribution in [0.1, 0.15) is 38.2 Å². The maximum atomic E-state index is 12.3. The number of hydrogen-bond donors (Lipinski definition) is 2. The Kier molecular flexibility index (Phi) is 5.77. The van der Waals surface area contributed by atoms with Crippen molar-refractivity contribution >= 4 is 51.7 Å². The maximum Gasteiger partial charge on any atom is 0.224 e. The van der Waals surface area contributed by atoms with Crippen molar-refractivity contribution < 1.29 is 4.79 Å². The molecule has 0 radical (unpaired) electrons. The molecular weight excluding hydrogens is 504 g/mol. The highest BCUT2D eigenvalue weighted by molar-refractivity contribution is 7.13. The number of H-pyrrole nitrogens is 1. The zero-order chi connectivity index (χ0) is 26.5. The van der Waals surface area contributed by atoms with E-state index in [9.17, 15) is 4.79 Å². The first-order valence-electron chi connectivity index (χ1n) is 13.4. The van der Waals surface area contributed by atoms with Gasteiger partial charge in [-0.05, 0) is 54.1 Å². The summed E-state index contributed by atoms with van der Waals surface area (Å²) in [7, 11) is 2.01. The number of allylic oxidation sites excluding steroid dienone is 2. The summed E-state index contributed by atoms with van der Waals surface area (Å²) in [6.07, 6.45) is 13.4. The van der Waals surface area contributed by atoms with Crippen molar-refractivity contribution in [2.75, 3.05) is 5.32 Å². The fraction of sp³-hybridized carbons (Fsp3) is 0.226. The molecule has 0 aromatic carbocycles. The standard InChI is InChI=1S/C31H28N6OS/c1-3-4-7-29(38)34-20-11-19(16-32-17-20)23-14-25-27(13-18-12-22(18)23)37(2)36-30(25)26-15-24-21(28-6-5-10-39-28)8-9-33-31(24)35-26/h5-6,8-11,13-18H,3-4,7,12H2,1-2H3,(H,33,35)(H,34,38). The minimum absolute atomic E-state index is 0.0297. The van der Waals surface area contributed by atoms with Gasteiger partial charge in [-0.25, -0.2) is 4.98 Å². The molecule has 0 saturated heterocycles. The van der Waals surface area contributed by atoms with E-state index in [-0.39, 0.29) is 5.91 Å². The Hall–Kier alpha value is -4.30. The van der Waals surface area contributed by atoms with Gasteiger partial charge in [0.25, 0.3) is 0 Å². The number of hydrogen-bond acceptors (Lipinski definition) is 5. The Morgan fingerprint density at radius 2 is 2.18 bits per heavy atom. The van der Waals surface area contributed by atoms with Gasteiger partial charge in [-0.2, -0.15) is 5.10 Å². The van der Waals surface area contributed by atoms with Crippen molar-refractivity contribution in [3.63, 3.8) is 0 Å². The van der Waals surface area contributed by atoms with E-state index in [1.807, 2.05) is 30.2 Å². The van der Waals surface area contributed by atoms with Gasteiger partial charge in [0.15, 0.2) is 0 Å². The molecule has 1 atom stereocenters. The second-order valence-corrected chi connectivity index (χ2v) is 11.2. The van der Waals surface area contributed by atoms with Gasteiger partial charge in [0.05, 0.1) is 22.9 Å². The van der Waals surface area contributed by atoms with Crippen LogP contribution in [0.15, 0.2) is 59.9 Å². The van der Waals surface area contributed by atoms with Gasteiger partial charge in [-0.3, -0.25) is 14.5 Å². The molecule has 5 aromatic heterocycles. The van der Waals surface area contributed by atoms with E-state index >= 15 is 0 Å². The molecule has 5 aromatic rings. The number of rotatable bonds is 7. The minimum atomic E-state index is 0.0297. The van der Waals surface area contributed by atoms with Crippen LogP contribution in [0.3, 0.4) is 0 Å². The Labute approximate surface area is 229 Å². The number of carbonyl (C=O) groups is 1. The van der Waals surface area contributed by atoms with Crippen LogP contribution in [0.25, 0.3) is 50.6 Å². The highest BCUT2D eigenvalue weighted by Gasteiger charge is 2.33. The zero-order valence-electron chi connectivity index (χ0n) is 21.9. The Morgan fingerprint density at radius 1 is 1.26 bits per heavy atom. The van der Waals surface area contributed by atoms with Crippen molar-refractivity contribution in [1.82, 2.24) is 24.7 Å². The number of aryl methyl sites for hydroxylation is 1. The van der Waals surface area contributed by atoms with Gasteiger partial charge < -0.3 is 10.3 Å². The fourth-order valence-corrected chi connectivity index (χ4v) is 6.22. The summed E-state index contributed by atoms with van der Waals surface area (Å²) in [6, 6.07) is 10.5. The number of nitrogens with one attached hydrogen (secondary N) is 2. The van der Waals surface area contributed by atoms with Crippen LogP contribution in [-0.2, 0) is 11.8 Å². The van der Waals surface area contributed by atoms with Crippen molar-refractivity contribution in [2.24, 2.45) is 13.0 Å². The van der Waals surface area contributed by atoms with Gasteiger partial charge in [0, 0.05) is 58.4 Å². The van der Waals surface area contributed by atoms with E-state index in [1.165, 1.54) is 16.0 Å². The molecule has 1 fully saturated rings. The zero-order valence-corrected chi connectivity index (χ0v) is 22.7. The summed E-state index contributed by atoms with van der Waals surface area (Å²) >= 11 is 1.73. The molecule has 2 aliphatic rings. The highest BCUT2D eigenvalue weighted by Crippen LogP contribution is 2.46. The Bertz CT molecular complexity index is 1890. The van der Waals surface area contributed by atoms with Crippen molar-refractivity contribution in [2.45, 2.75) is 32.6 Å². The number of amides is 1. The van der Waals surface area contributed by atoms with Gasteiger partial charge in [-0.15, -0.1) is 11.3 Å². The van der Waals surface area contributed by atoms with Crippen LogP contribution in [0, 0.1) is 5.92 Å². The van der Waals surface area contributed by atoms with E-state index in [1.54, 1.807) is 17.5 Å². The smallest absolute Gasteiger partial charge is 0.224 e. The van der Waals surface area contributed by atoms with Crippen LogP contribution in [0.2, 0.25) is 0 Å². The lowest BCUT2D eigenvalue weighted by Gasteiger charge is -2.08. The van der Waals surface area contributed by atoms with E-state index < -0.39 is 0 Å². The SMILES string of the molecule is CCCCC(=O)Nc1cncc(C2=C3CC3C=c3c(c(-c4cc5c(-c6cccs6)ccnc5[nH]4)nn3C)=C2)c1. The van der Waals surface area contributed by atoms with E-state index in [4.69, 9.17) is 5.10 Å². The summed E-state index contributed by atoms with van der Waals surface area (Å²) in [5, 5.41) is 13.4. The largest absolute Gasteiger partial charge is 0.338 e. The number of pyridine rings is 2. The summed E-state index contributed by atoms with van der Waals surface area (Å²) in [5.41, 5.74) is 8.16. The highest BCUT2D eigenvalue weighted by atomic mass is 32.1. The van der Waals surface area contributed by atoms with E-state index in [0.29, 0.717) is 12.3 Å². The fourth-order valence-electron chi connectivity index (χ4n) is 5.45. The predicted molar refractivity (Wildman–Crippen MR) is 157 cm³/mol. The average molecular weight is 533 g/mol. The third kappa shape index (κ3) is 4.30. The molecule has 0 spiro atoms. The van der Waals surface area contributed by atoms with Gasteiger partial charge in [0.1, 0.15) is 11.3 Å². The normalized spacial score (nSPS) is 15.8. The second kappa shape index (κ2) is 9.47. The third-order valence-electron chi connectivity index (χ3n) is 7.51. The number of aromatic amines is 1. The Morgan fingerprint density at radius 3 is 3.03 bits per heavy atom. The molecule has 1 saturated carbocycles. The molecule has 39 heavy (non-hydrogen) atoms. The lowest BCUT2D eigenvalue weighted by Crippen LogP contribution is -2.28. The minimum Gasteiger partial charge on any atom is -0.338 e. The van der Waals surface area contributed by atoms with Crippen molar-refractivity contribution in [3.05, 3.63) is 76.0 Å². The number of nitrogens with zero attached hydrogens (tertiary/aromatic N) is 4. The lowest BCUT2D eigenvalue weighted by atomic mass is 10.0. The number of thiophene rings is 1. The van der Waals surface area contributed by atoms with Gasteiger partial charge in [0.2, 0.25) is 5.91 Å². The molecule has 7 rings (SSSR count). The van der Waals surface area contributed by atoms with Crippen LogP contribution in [0.4, 0.5) is 5.69 Å². The van der Waals surface area contributed by atoms with E-state index in [2.05, 4.69) is 69.0 Å². The van der Waals surface area contributed by atoms with Crippen molar-refractivity contribution in [1.29, 1.82) is 0 Å². The molecule has 1 unspecified atom stereocenters. The second-order valence-electron chi connectivity index (χ2n) is 10.2. The maximum absolute atomic E-state index is 12.3. The molecule has 0 aliphatic heterocycles. The molecule has 7 nitrogen and oxygen atoms in total. The van der Waals surface area contributed by atoms with Gasteiger partial charge >= 0.3 is 0 Å². The molecule has 5 heterocycles. The number of anilines is 1. The molecule has 2 aliphatic carbocycles.